The number of benzene rings is 3. The van der Waals surface area contributed by atoms with Crippen LogP contribution >= 0.6 is 0 Å². The van der Waals surface area contributed by atoms with Gasteiger partial charge in [-0.1, -0.05) is 134 Å². The zero-order chi connectivity index (χ0) is 35.6. The molecule has 3 heteroatoms. The SMILES string of the molecule is C1=CC2=C(c3ccc4ccc5ccc(C6=CCCC=C6)nc5c4n3)C=CC(c3cccc(-c4nc5c(c6c4CCc4ccccc4-6)=CCCC=5)c3)C2C=C1. The van der Waals surface area contributed by atoms with Gasteiger partial charge in [0.15, 0.2) is 0 Å². The maximum atomic E-state index is 5.41. The van der Waals surface area contributed by atoms with Gasteiger partial charge in [-0.3, -0.25) is 0 Å². The number of nitrogens with zero attached hydrogens (tertiary/aromatic N) is 3. The second-order valence-corrected chi connectivity index (χ2v) is 15.1. The zero-order valence-corrected chi connectivity index (χ0v) is 30.2. The Balaban J connectivity index is 0.994. The highest BCUT2D eigenvalue weighted by Crippen LogP contribution is 2.44. The van der Waals surface area contributed by atoms with Crippen molar-refractivity contribution < 1.29 is 0 Å². The number of fused-ring (bicyclic) bond motifs is 9. The molecule has 3 aromatic heterocycles. The van der Waals surface area contributed by atoms with Crippen molar-refractivity contribution in [2.45, 2.75) is 44.4 Å². The quantitative estimate of drug-likeness (QED) is 0.173. The third-order valence-corrected chi connectivity index (χ3v) is 12.0. The van der Waals surface area contributed by atoms with E-state index in [0.717, 1.165) is 82.8 Å². The highest BCUT2D eigenvalue weighted by molar-refractivity contribution is 6.04. The van der Waals surface area contributed by atoms with E-state index in [-0.39, 0.29) is 11.8 Å². The standard InChI is InChI=1S/C51H39N3/c1-2-12-33(13-3-1)45-29-24-34-21-22-35-25-30-47(54-51(35)50(34)52-45)42-28-27-38(40-17-6-7-18-41(40)42)36-14-10-15-37(31-36)49-44-26-23-32-11-4-5-16-39(32)48(44)43-19-8-9-20-46(43)53-49/h2,4-7,10-22,24-25,27-31,38,40H,1,3,8-9,23,26H2. The molecule has 2 atom stereocenters. The molecular formula is C51H39N3. The average molecular weight is 694 g/mol. The Morgan fingerprint density at radius 2 is 1.41 bits per heavy atom. The first-order valence-electron chi connectivity index (χ1n) is 19.5. The van der Waals surface area contributed by atoms with E-state index in [1.165, 1.54) is 55.3 Å². The van der Waals surface area contributed by atoms with Crippen LogP contribution in [0.1, 0.15) is 59.7 Å². The Morgan fingerprint density at radius 1 is 0.593 bits per heavy atom. The predicted octanol–water partition coefficient (Wildman–Crippen LogP) is 10.5. The lowest BCUT2D eigenvalue weighted by molar-refractivity contribution is 0.673. The van der Waals surface area contributed by atoms with E-state index in [4.69, 9.17) is 15.0 Å². The minimum atomic E-state index is 0.196. The number of aryl methyl sites for hydroxylation is 1. The molecule has 0 saturated heterocycles. The zero-order valence-electron chi connectivity index (χ0n) is 30.2. The van der Waals surface area contributed by atoms with Crippen molar-refractivity contribution in [2.75, 3.05) is 0 Å². The van der Waals surface area contributed by atoms with Crippen LogP contribution in [0.4, 0.5) is 0 Å². The summed E-state index contributed by atoms with van der Waals surface area (Å²) in [6, 6.07) is 31.2. The number of pyridine rings is 3. The fourth-order valence-corrected chi connectivity index (χ4v) is 9.38. The first-order chi connectivity index (χ1) is 26.8. The van der Waals surface area contributed by atoms with Gasteiger partial charge in [0.05, 0.1) is 33.5 Å². The number of aromatic nitrogens is 3. The third-order valence-electron chi connectivity index (χ3n) is 12.0. The van der Waals surface area contributed by atoms with Gasteiger partial charge >= 0.3 is 0 Å². The maximum absolute atomic E-state index is 5.41. The highest BCUT2D eigenvalue weighted by atomic mass is 14.8. The van der Waals surface area contributed by atoms with Gasteiger partial charge < -0.3 is 0 Å². The van der Waals surface area contributed by atoms with Crippen LogP contribution in [0.25, 0.3) is 67.5 Å². The molecule has 3 aromatic carbocycles. The Bertz CT molecular complexity index is 2900. The van der Waals surface area contributed by atoms with Gasteiger partial charge in [0, 0.05) is 39.0 Å². The molecule has 2 unspecified atom stereocenters. The van der Waals surface area contributed by atoms with Crippen molar-refractivity contribution in [3.63, 3.8) is 0 Å². The fraction of sp³-hybridized carbons (Fsp3) is 0.157. The molecule has 0 spiro atoms. The van der Waals surface area contributed by atoms with Crippen LogP contribution in [-0.4, -0.2) is 15.0 Å². The lowest BCUT2D eigenvalue weighted by atomic mass is 9.73. The smallest absolute Gasteiger partial charge is 0.0972 e. The normalized spacial score (nSPS) is 19.4. The summed E-state index contributed by atoms with van der Waals surface area (Å²) < 4.78 is 0. The van der Waals surface area contributed by atoms with Crippen molar-refractivity contribution in [2.24, 2.45) is 5.92 Å². The molecule has 258 valence electrons. The largest absolute Gasteiger partial charge is 0.248 e. The Kier molecular flexibility index (Phi) is 7.40. The van der Waals surface area contributed by atoms with Gasteiger partial charge in [0.2, 0.25) is 0 Å². The van der Waals surface area contributed by atoms with Crippen LogP contribution in [0.3, 0.4) is 0 Å². The summed E-state index contributed by atoms with van der Waals surface area (Å²) in [6.45, 7) is 0. The van der Waals surface area contributed by atoms with Crippen molar-refractivity contribution in [3.8, 4) is 22.4 Å². The average Bonchev–Trinajstić information content (AvgIpc) is 3.25. The van der Waals surface area contributed by atoms with Gasteiger partial charge in [-0.15, -0.1) is 0 Å². The van der Waals surface area contributed by atoms with E-state index in [9.17, 15) is 0 Å². The molecule has 3 nitrogen and oxygen atoms in total. The summed E-state index contributed by atoms with van der Waals surface area (Å²) in [4.78, 5) is 16.0. The van der Waals surface area contributed by atoms with E-state index in [2.05, 4.69) is 152 Å². The molecule has 0 aliphatic heterocycles. The molecule has 0 amide bonds. The van der Waals surface area contributed by atoms with Crippen molar-refractivity contribution in [3.05, 3.63) is 184 Å². The van der Waals surface area contributed by atoms with Gasteiger partial charge in [-0.2, -0.15) is 0 Å². The first-order valence-corrected chi connectivity index (χ1v) is 19.5. The first kappa shape index (κ1) is 31.3. The molecule has 6 aromatic rings. The van der Waals surface area contributed by atoms with Crippen LogP contribution in [0.15, 0.2) is 145 Å². The maximum Gasteiger partial charge on any atom is 0.0972 e. The summed E-state index contributed by atoms with van der Waals surface area (Å²) in [7, 11) is 0. The van der Waals surface area contributed by atoms with E-state index >= 15 is 0 Å². The van der Waals surface area contributed by atoms with Crippen LogP contribution in [0.5, 0.6) is 0 Å². The van der Waals surface area contributed by atoms with Crippen LogP contribution < -0.4 is 10.6 Å². The minimum Gasteiger partial charge on any atom is -0.248 e. The lowest BCUT2D eigenvalue weighted by Crippen LogP contribution is -2.35. The van der Waals surface area contributed by atoms with Gasteiger partial charge in [0.25, 0.3) is 0 Å². The lowest BCUT2D eigenvalue weighted by Gasteiger charge is -2.31. The molecule has 3 heterocycles. The van der Waals surface area contributed by atoms with Crippen molar-refractivity contribution in [1.82, 2.24) is 15.0 Å². The summed E-state index contributed by atoms with van der Waals surface area (Å²) in [5, 5.41) is 4.68. The summed E-state index contributed by atoms with van der Waals surface area (Å²) in [5.41, 5.74) is 16.9. The van der Waals surface area contributed by atoms with Crippen molar-refractivity contribution in [1.29, 1.82) is 0 Å². The molecule has 0 fully saturated rings. The van der Waals surface area contributed by atoms with Gasteiger partial charge in [0.1, 0.15) is 0 Å². The Hall–Kier alpha value is -6.19. The van der Waals surface area contributed by atoms with E-state index in [1.54, 1.807) is 0 Å². The van der Waals surface area contributed by atoms with Gasteiger partial charge in [-0.05, 0) is 95.7 Å². The van der Waals surface area contributed by atoms with E-state index in [1.807, 2.05) is 0 Å². The highest BCUT2D eigenvalue weighted by Gasteiger charge is 2.30. The molecule has 0 saturated carbocycles. The van der Waals surface area contributed by atoms with E-state index < -0.39 is 0 Å². The summed E-state index contributed by atoms with van der Waals surface area (Å²) in [6.07, 6.45) is 31.5. The second kappa shape index (κ2) is 12.7. The molecule has 5 aliphatic carbocycles. The molecule has 5 aliphatic rings. The van der Waals surface area contributed by atoms with Crippen LogP contribution in [0, 0.1) is 5.92 Å². The van der Waals surface area contributed by atoms with Crippen LogP contribution in [-0.2, 0) is 12.8 Å². The monoisotopic (exact) mass is 693 g/mol. The van der Waals surface area contributed by atoms with E-state index in [0.29, 0.717) is 0 Å². The van der Waals surface area contributed by atoms with Crippen molar-refractivity contribution >= 4 is 45.1 Å². The Labute approximate surface area is 315 Å². The summed E-state index contributed by atoms with van der Waals surface area (Å²) >= 11 is 0. The molecule has 11 rings (SSSR count). The molecule has 0 radical (unpaired) electrons. The molecule has 0 bridgehead atoms. The number of hydrogen-bond acceptors (Lipinski definition) is 3. The van der Waals surface area contributed by atoms with Crippen LogP contribution in [0.2, 0.25) is 0 Å². The number of allylic oxidation sites excluding steroid dienone is 12. The number of hydrogen-bond donors (Lipinski definition) is 0. The second-order valence-electron chi connectivity index (χ2n) is 15.1. The Morgan fingerprint density at radius 3 is 2.30 bits per heavy atom. The molecular weight excluding hydrogens is 655 g/mol. The predicted molar refractivity (Wildman–Crippen MR) is 224 cm³/mol. The minimum absolute atomic E-state index is 0.196. The third kappa shape index (κ3) is 5.14. The fourth-order valence-electron chi connectivity index (χ4n) is 9.38. The molecule has 0 N–H and O–H groups in total. The van der Waals surface area contributed by atoms with Gasteiger partial charge in [-0.25, -0.2) is 15.0 Å². The molecule has 54 heavy (non-hydrogen) atoms. The number of rotatable bonds is 4. The summed E-state index contributed by atoms with van der Waals surface area (Å²) in [5.74, 6) is 0.395. The topological polar surface area (TPSA) is 38.7 Å².